The largest absolute Gasteiger partial charge is 0.391 e. The Kier molecular flexibility index (Phi) is 28.7. The Bertz CT molecular complexity index is 4120. The van der Waals surface area contributed by atoms with Gasteiger partial charge in [0, 0.05) is 97.2 Å². The van der Waals surface area contributed by atoms with E-state index in [2.05, 4.69) is 93.8 Å². The molecule has 2 aliphatic heterocycles. The number of amides is 7. The van der Waals surface area contributed by atoms with Crippen molar-refractivity contribution < 1.29 is 47.9 Å². The highest BCUT2D eigenvalue weighted by Crippen LogP contribution is 2.45. The first-order valence-corrected chi connectivity index (χ1v) is 38.0. The molecule has 26 heteroatoms. The zero-order chi connectivity index (χ0) is 74.4. The number of ketones is 1. The number of piperidine rings is 1. The Morgan fingerprint density at radius 1 is 0.629 bits per heavy atom. The number of H-pyrrole nitrogens is 2. The molecule has 560 valence electrons. The van der Waals surface area contributed by atoms with Crippen LogP contribution in [0.25, 0.3) is 21.8 Å². The number of rotatable bonds is 23. The van der Waals surface area contributed by atoms with Crippen molar-refractivity contribution in [2.45, 2.75) is 176 Å². The summed E-state index contributed by atoms with van der Waals surface area (Å²) in [4.78, 5) is 133. The van der Waals surface area contributed by atoms with Crippen molar-refractivity contribution >= 4 is 86.7 Å². The molecule has 3 aliphatic rings. The number of unbranched alkanes of at least 4 members (excludes halogenated alkanes) is 1. The predicted octanol–water partition coefficient (Wildman–Crippen LogP) is 4.90. The average Bonchev–Trinajstić information content (AvgIpc) is 1.68. The van der Waals surface area contributed by atoms with Crippen molar-refractivity contribution in [2.24, 2.45) is 28.1 Å². The van der Waals surface area contributed by atoms with Crippen LogP contribution in [0.1, 0.15) is 117 Å². The Morgan fingerprint density at radius 2 is 1.21 bits per heavy atom. The van der Waals surface area contributed by atoms with Gasteiger partial charge in [0.2, 0.25) is 41.4 Å². The van der Waals surface area contributed by atoms with E-state index in [1.165, 1.54) is 47.2 Å². The van der Waals surface area contributed by atoms with E-state index in [4.69, 9.17) is 17.2 Å². The minimum absolute atomic E-state index is 0.00302. The summed E-state index contributed by atoms with van der Waals surface area (Å²) in [5.41, 5.74) is 24.4. The number of para-hydroxylation sites is 1. The lowest BCUT2D eigenvalue weighted by Crippen LogP contribution is -2.61. The van der Waals surface area contributed by atoms with Crippen molar-refractivity contribution in [1.82, 2.24) is 57.4 Å². The molecule has 2 saturated heterocycles. The molecule has 2 aromatic heterocycles. The summed E-state index contributed by atoms with van der Waals surface area (Å²) in [6, 6.07) is 27.3. The lowest BCUT2D eigenvalue weighted by molar-refractivity contribution is -0.136. The molecule has 2 fully saturated rings. The number of carbonyl (C=O) groups excluding carboxylic acids is 8. The van der Waals surface area contributed by atoms with E-state index in [0.29, 0.717) is 84.5 Å². The van der Waals surface area contributed by atoms with Gasteiger partial charge in [0.15, 0.2) is 11.7 Å². The fraction of sp³-hybridized carbons (Fsp3) is 0.456. The highest BCUT2D eigenvalue weighted by atomic mass is 32.2. The number of carbonyl (C=O) groups is 8. The zero-order valence-electron chi connectivity index (χ0n) is 59.9. The van der Waals surface area contributed by atoms with Crippen LogP contribution in [-0.4, -0.2) is 178 Å². The SMILES string of the molecule is C[C@@H](O)[C@@H]1NC(=O)[C@H](CCCCN)NC(=O)[C@@H](Cc2c[nH]c3ccccc23)NC(=O)[C@H](Cc2ccccc2)NC(=O)[C@H](Cc2ccccc2)NC(=O)[C@H](CCCN=C(N)N)NC(=O)[C@H](NCCSC[C@@H]2C[C@@H]3c4cccc5[nH]cc(c45)C[C@H]3N(C)C2)CCCCCC(=O)[C@H](Cc2cccc(F)c2)NC1=O. The molecule has 7 aromatic rings. The number of aliphatic hydroxyl groups excluding tert-OH is 1. The number of aromatic amines is 2. The Morgan fingerprint density at radius 3 is 1.89 bits per heavy atom. The zero-order valence-corrected chi connectivity index (χ0v) is 60.7. The molecular weight excluding hydrogens is 1350 g/mol. The number of benzene rings is 5. The molecular formula is C79H102FN15O9S. The first-order chi connectivity index (χ1) is 50.8. The summed E-state index contributed by atoms with van der Waals surface area (Å²) < 4.78 is 14.8. The van der Waals surface area contributed by atoms with Gasteiger partial charge in [0.05, 0.1) is 18.2 Å². The summed E-state index contributed by atoms with van der Waals surface area (Å²) in [7, 11) is 2.22. The average molecular weight is 1460 g/mol. The molecule has 1 aliphatic carbocycles. The van der Waals surface area contributed by atoms with Crippen molar-refractivity contribution in [1.29, 1.82) is 0 Å². The lowest BCUT2D eigenvalue weighted by atomic mass is 9.73. The monoisotopic (exact) mass is 1460 g/mol. The van der Waals surface area contributed by atoms with Crippen LogP contribution in [0.5, 0.6) is 0 Å². The second kappa shape index (κ2) is 38.5. The van der Waals surface area contributed by atoms with Gasteiger partial charge in [-0.25, -0.2) is 4.39 Å². The normalized spacial score (nSPS) is 24.2. The number of nitrogens with one attached hydrogen (secondary N) is 10. The van der Waals surface area contributed by atoms with Crippen LogP contribution in [0.4, 0.5) is 4.39 Å². The number of aromatic nitrogens is 2. The fourth-order valence-corrected chi connectivity index (χ4v) is 15.9. The van der Waals surface area contributed by atoms with Crippen molar-refractivity contribution in [2.75, 3.05) is 44.7 Å². The summed E-state index contributed by atoms with van der Waals surface area (Å²) in [5.74, 6) is -4.09. The lowest BCUT2D eigenvalue weighted by Gasteiger charge is -2.45. The molecule has 24 nitrogen and oxygen atoms in total. The summed E-state index contributed by atoms with van der Waals surface area (Å²) >= 11 is 1.81. The number of nitrogens with zero attached hydrogens (tertiary/aromatic N) is 2. The minimum atomic E-state index is -1.67. The number of halogens is 1. The first kappa shape index (κ1) is 78.1. The Hall–Kier alpha value is -9.47. The van der Waals surface area contributed by atoms with Gasteiger partial charge in [-0.2, -0.15) is 11.8 Å². The van der Waals surface area contributed by atoms with E-state index >= 15 is 24.0 Å². The summed E-state index contributed by atoms with van der Waals surface area (Å²) in [5, 5.41) is 36.9. The number of likely N-dealkylation sites (tertiary alicyclic amines) is 1. The van der Waals surface area contributed by atoms with Crippen LogP contribution in [0, 0.1) is 11.7 Å². The fourth-order valence-electron chi connectivity index (χ4n) is 14.9. The number of aliphatic hydroxyl groups is 1. The van der Waals surface area contributed by atoms with Gasteiger partial charge in [-0.15, -0.1) is 0 Å². The molecule has 7 amide bonds. The summed E-state index contributed by atoms with van der Waals surface area (Å²) in [6.07, 6.45) is 6.40. The second-order valence-electron chi connectivity index (χ2n) is 28.3. The summed E-state index contributed by atoms with van der Waals surface area (Å²) in [6.45, 7) is 3.04. The van der Waals surface area contributed by atoms with Crippen LogP contribution >= 0.6 is 11.8 Å². The first-order valence-electron chi connectivity index (χ1n) is 36.8. The van der Waals surface area contributed by atoms with E-state index in [1.54, 1.807) is 66.9 Å². The van der Waals surface area contributed by atoms with Crippen molar-refractivity contribution in [3.05, 3.63) is 179 Å². The van der Waals surface area contributed by atoms with Gasteiger partial charge in [0.25, 0.3) is 0 Å². The van der Waals surface area contributed by atoms with Crippen LogP contribution < -0.4 is 59.7 Å². The smallest absolute Gasteiger partial charge is 0.245 e. The maximum Gasteiger partial charge on any atom is 0.245 e. The van der Waals surface area contributed by atoms with Crippen molar-refractivity contribution in [3.63, 3.8) is 0 Å². The van der Waals surface area contributed by atoms with E-state index < -0.39 is 107 Å². The quantitative estimate of drug-likeness (QED) is 0.0230. The second-order valence-corrected chi connectivity index (χ2v) is 29.4. The predicted molar refractivity (Wildman–Crippen MR) is 407 cm³/mol. The third-order valence-corrected chi connectivity index (χ3v) is 21.6. The van der Waals surface area contributed by atoms with E-state index in [-0.39, 0.29) is 76.8 Å². The highest BCUT2D eigenvalue weighted by Gasteiger charge is 2.41. The van der Waals surface area contributed by atoms with Crippen LogP contribution in [-0.2, 0) is 70.5 Å². The molecule has 17 N–H and O–H groups in total. The Labute approximate surface area is 616 Å². The van der Waals surface area contributed by atoms with Gasteiger partial charge >= 0.3 is 0 Å². The molecule has 12 atom stereocenters. The Balaban J connectivity index is 0.960. The van der Waals surface area contributed by atoms with Gasteiger partial charge in [-0.05, 0) is 154 Å². The van der Waals surface area contributed by atoms with Gasteiger partial charge in [0.1, 0.15) is 42.1 Å². The number of Topliss-reactive ketones (excluding diaryl/α,β-unsaturated/α-hetero) is 1. The number of aliphatic imine (C=N–C) groups is 1. The molecule has 10 rings (SSSR count). The maximum absolute atomic E-state index is 15.4. The molecule has 0 bridgehead atoms. The number of thioether (sulfide) groups is 1. The van der Waals surface area contributed by atoms with Gasteiger partial charge in [-0.3, -0.25) is 43.3 Å². The number of hydrogen-bond donors (Lipinski definition) is 14. The number of likely N-dealkylation sites (N-methyl/N-ethyl adjacent to an activating group) is 1. The van der Waals surface area contributed by atoms with E-state index in [9.17, 15) is 23.9 Å². The van der Waals surface area contributed by atoms with E-state index in [1.807, 2.05) is 42.1 Å². The molecule has 0 spiro atoms. The van der Waals surface area contributed by atoms with Crippen LogP contribution in [0.15, 0.2) is 145 Å². The van der Waals surface area contributed by atoms with E-state index in [0.717, 1.165) is 36.0 Å². The molecule has 5 aromatic carbocycles. The van der Waals surface area contributed by atoms with Crippen LogP contribution in [0.2, 0.25) is 0 Å². The number of hydrogen-bond acceptors (Lipinski definition) is 14. The molecule has 0 unspecified atom stereocenters. The number of fused-ring (bicyclic) bond motifs is 3. The molecule has 0 saturated carbocycles. The molecule has 105 heavy (non-hydrogen) atoms. The minimum Gasteiger partial charge on any atom is -0.391 e. The topological polar surface area (TPSA) is 378 Å². The molecule has 0 radical (unpaired) electrons. The third kappa shape index (κ3) is 22.1. The van der Waals surface area contributed by atoms with Crippen molar-refractivity contribution in [3.8, 4) is 0 Å². The van der Waals surface area contributed by atoms with Gasteiger partial charge < -0.3 is 79.7 Å². The highest BCUT2D eigenvalue weighted by molar-refractivity contribution is 7.99. The van der Waals surface area contributed by atoms with Crippen LogP contribution in [0.3, 0.4) is 0 Å². The standard InChI is InChI=1S/C79H102FN15O9S/c1-48(96)71-78(104)90-64(41-51-23-16-24-55(80)37-51)69(97)32-11-5-10-28-61(84-35-36-105-47-52-38-58-57-26-17-30-60-70(57)54(45-87-60)43-68(58)95(2)46-52)72(98)88-63(31-18-34-85-79(82)83)73(99)91-65(39-49-19-6-3-7-20-49)75(101)92-66(40-50-21-8-4-9-22-50)76(102)93-67(42-53-44-86-59-27-13-12-25-56(53)59)77(103)89-62(74(100)94-71)29-14-15-33-81/h3-4,6-9,12-13,16-17,19-27,30,37,44-45,48,52,58,61-68,71,84,86-87,96H,5,10-11,14-15,18,28-29,31-36,38-43,46-47,81H2,1-2H3,(H,88,98)(H,89,103)(H,90,104)(H,91,99)(H,92,101)(H,93,102)(H,94,100)(H4,82,83,85)/t48-,52-,58-,61-,62+,63+,64+,65+,66+,67-,68-,71+/m1/s1. The van der Waals surface area contributed by atoms with Gasteiger partial charge in [-0.1, -0.05) is 116 Å². The molecule has 4 heterocycles. The maximum atomic E-state index is 15.4. The number of guanidine groups is 1. The number of nitrogens with two attached hydrogens (primary N) is 3. The third-order valence-electron chi connectivity index (χ3n) is 20.4.